The second kappa shape index (κ2) is 5.17. The SMILES string of the molecule is CC(C)NC(=O)c1cncc(N2CCCC2)c1. The summed E-state index contributed by atoms with van der Waals surface area (Å²) in [7, 11) is 0. The molecule has 0 bridgehead atoms. The van der Waals surface area contributed by atoms with Crippen molar-refractivity contribution in [3.63, 3.8) is 0 Å². The Bertz CT molecular complexity index is 397. The molecule has 4 nitrogen and oxygen atoms in total. The van der Waals surface area contributed by atoms with Gasteiger partial charge in [0.15, 0.2) is 0 Å². The molecule has 1 fully saturated rings. The van der Waals surface area contributed by atoms with Gasteiger partial charge in [-0.3, -0.25) is 9.78 Å². The summed E-state index contributed by atoms with van der Waals surface area (Å²) in [4.78, 5) is 18.3. The molecule has 0 unspecified atom stereocenters. The van der Waals surface area contributed by atoms with Crippen LogP contribution in [0.15, 0.2) is 18.5 Å². The van der Waals surface area contributed by atoms with Crippen LogP contribution in [0.4, 0.5) is 5.69 Å². The van der Waals surface area contributed by atoms with Gasteiger partial charge in [-0.05, 0) is 32.8 Å². The molecule has 1 amide bonds. The van der Waals surface area contributed by atoms with E-state index in [0.29, 0.717) is 5.56 Å². The summed E-state index contributed by atoms with van der Waals surface area (Å²) < 4.78 is 0. The van der Waals surface area contributed by atoms with Gasteiger partial charge in [0.1, 0.15) is 0 Å². The molecule has 17 heavy (non-hydrogen) atoms. The van der Waals surface area contributed by atoms with E-state index in [2.05, 4.69) is 15.2 Å². The van der Waals surface area contributed by atoms with Gasteiger partial charge in [0.2, 0.25) is 0 Å². The summed E-state index contributed by atoms with van der Waals surface area (Å²) in [6, 6.07) is 2.08. The molecular formula is C13H19N3O. The molecule has 0 spiro atoms. The summed E-state index contributed by atoms with van der Waals surface area (Å²) >= 11 is 0. The predicted octanol–water partition coefficient (Wildman–Crippen LogP) is 1.82. The number of aromatic nitrogens is 1. The molecule has 4 heteroatoms. The molecule has 0 radical (unpaired) electrons. The average molecular weight is 233 g/mol. The van der Waals surface area contributed by atoms with Crippen LogP contribution < -0.4 is 10.2 Å². The summed E-state index contributed by atoms with van der Waals surface area (Å²) in [5.41, 5.74) is 1.70. The standard InChI is InChI=1S/C13H19N3O/c1-10(2)15-13(17)11-7-12(9-14-8-11)16-5-3-4-6-16/h7-10H,3-6H2,1-2H3,(H,15,17). The van der Waals surface area contributed by atoms with Crippen LogP contribution in [-0.4, -0.2) is 30.0 Å². The van der Waals surface area contributed by atoms with E-state index >= 15 is 0 Å². The van der Waals surface area contributed by atoms with E-state index in [-0.39, 0.29) is 11.9 Å². The number of anilines is 1. The third-order valence-electron chi connectivity index (χ3n) is 2.88. The number of nitrogens with zero attached hydrogens (tertiary/aromatic N) is 2. The molecular weight excluding hydrogens is 214 g/mol. The second-order valence-corrected chi connectivity index (χ2v) is 4.75. The third kappa shape index (κ3) is 2.96. The molecule has 1 aromatic rings. The number of carbonyl (C=O) groups is 1. The highest BCUT2D eigenvalue weighted by atomic mass is 16.1. The van der Waals surface area contributed by atoms with Crippen LogP contribution in [0.25, 0.3) is 0 Å². The number of hydrogen-bond acceptors (Lipinski definition) is 3. The minimum absolute atomic E-state index is 0.0476. The topological polar surface area (TPSA) is 45.2 Å². The van der Waals surface area contributed by atoms with Crippen molar-refractivity contribution >= 4 is 11.6 Å². The van der Waals surface area contributed by atoms with Crippen molar-refractivity contribution in [2.45, 2.75) is 32.7 Å². The maximum Gasteiger partial charge on any atom is 0.253 e. The zero-order valence-electron chi connectivity index (χ0n) is 10.4. The van der Waals surface area contributed by atoms with E-state index in [0.717, 1.165) is 18.8 Å². The van der Waals surface area contributed by atoms with Crippen LogP contribution in [-0.2, 0) is 0 Å². The van der Waals surface area contributed by atoms with Crippen LogP contribution in [0.1, 0.15) is 37.0 Å². The summed E-state index contributed by atoms with van der Waals surface area (Å²) in [5.74, 6) is -0.0476. The minimum Gasteiger partial charge on any atom is -0.370 e. The van der Waals surface area contributed by atoms with E-state index in [9.17, 15) is 4.79 Å². The van der Waals surface area contributed by atoms with E-state index in [1.54, 1.807) is 6.20 Å². The first kappa shape index (κ1) is 11.9. The fourth-order valence-corrected chi connectivity index (χ4v) is 2.05. The van der Waals surface area contributed by atoms with Gasteiger partial charge in [0, 0.05) is 25.3 Å². The molecule has 1 aliphatic rings. The number of rotatable bonds is 3. The van der Waals surface area contributed by atoms with Crippen molar-refractivity contribution in [2.75, 3.05) is 18.0 Å². The third-order valence-corrected chi connectivity index (χ3v) is 2.88. The predicted molar refractivity (Wildman–Crippen MR) is 68.3 cm³/mol. The van der Waals surface area contributed by atoms with Crippen molar-refractivity contribution in [3.05, 3.63) is 24.0 Å². The molecule has 0 aliphatic carbocycles. The van der Waals surface area contributed by atoms with Crippen molar-refractivity contribution in [3.8, 4) is 0 Å². The lowest BCUT2D eigenvalue weighted by Gasteiger charge is -2.17. The summed E-state index contributed by atoms with van der Waals surface area (Å²) in [6.45, 7) is 6.04. The second-order valence-electron chi connectivity index (χ2n) is 4.75. The Morgan fingerprint density at radius 1 is 1.35 bits per heavy atom. The van der Waals surface area contributed by atoms with Crippen molar-refractivity contribution in [2.24, 2.45) is 0 Å². The smallest absolute Gasteiger partial charge is 0.253 e. The fourth-order valence-electron chi connectivity index (χ4n) is 2.05. The quantitative estimate of drug-likeness (QED) is 0.866. The Balaban J connectivity index is 2.13. The highest BCUT2D eigenvalue weighted by molar-refractivity contribution is 5.94. The first-order chi connectivity index (χ1) is 8.16. The Morgan fingerprint density at radius 3 is 2.71 bits per heavy atom. The van der Waals surface area contributed by atoms with Gasteiger partial charge in [-0.15, -0.1) is 0 Å². The zero-order chi connectivity index (χ0) is 12.3. The molecule has 2 rings (SSSR count). The van der Waals surface area contributed by atoms with Crippen LogP contribution in [0, 0.1) is 0 Å². The Hall–Kier alpha value is -1.58. The molecule has 0 saturated carbocycles. The van der Waals surface area contributed by atoms with E-state index < -0.39 is 0 Å². The van der Waals surface area contributed by atoms with Gasteiger partial charge in [-0.1, -0.05) is 0 Å². The monoisotopic (exact) mass is 233 g/mol. The maximum atomic E-state index is 11.9. The van der Waals surface area contributed by atoms with Crippen molar-refractivity contribution in [1.82, 2.24) is 10.3 Å². The fraction of sp³-hybridized carbons (Fsp3) is 0.538. The highest BCUT2D eigenvalue weighted by Crippen LogP contribution is 2.19. The van der Waals surface area contributed by atoms with Gasteiger partial charge in [-0.25, -0.2) is 0 Å². The normalized spacial score (nSPS) is 15.4. The minimum atomic E-state index is -0.0476. The maximum absolute atomic E-state index is 11.9. The molecule has 0 aromatic carbocycles. The number of nitrogens with one attached hydrogen (secondary N) is 1. The van der Waals surface area contributed by atoms with Gasteiger partial charge >= 0.3 is 0 Å². The summed E-state index contributed by atoms with van der Waals surface area (Å²) in [5, 5.41) is 2.88. The van der Waals surface area contributed by atoms with Gasteiger partial charge in [-0.2, -0.15) is 0 Å². The lowest BCUT2D eigenvalue weighted by molar-refractivity contribution is 0.0943. The first-order valence-electron chi connectivity index (χ1n) is 6.17. The van der Waals surface area contributed by atoms with Gasteiger partial charge in [0.25, 0.3) is 5.91 Å². The lowest BCUT2D eigenvalue weighted by atomic mass is 10.2. The van der Waals surface area contributed by atoms with Crippen molar-refractivity contribution in [1.29, 1.82) is 0 Å². The molecule has 1 aliphatic heterocycles. The summed E-state index contributed by atoms with van der Waals surface area (Å²) in [6.07, 6.45) is 5.90. The number of pyridine rings is 1. The molecule has 0 atom stereocenters. The van der Waals surface area contributed by atoms with Crippen LogP contribution >= 0.6 is 0 Å². The molecule has 1 saturated heterocycles. The molecule has 92 valence electrons. The largest absolute Gasteiger partial charge is 0.370 e. The van der Waals surface area contributed by atoms with Crippen LogP contribution in [0.2, 0.25) is 0 Å². The van der Waals surface area contributed by atoms with Crippen LogP contribution in [0.3, 0.4) is 0 Å². The zero-order valence-corrected chi connectivity index (χ0v) is 10.4. The van der Waals surface area contributed by atoms with E-state index in [4.69, 9.17) is 0 Å². The van der Waals surface area contributed by atoms with Gasteiger partial charge in [0.05, 0.1) is 17.4 Å². The number of hydrogen-bond donors (Lipinski definition) is 1. The number of carbonyl (C=O) groups excluding carboxylic acids is 1. The van der Waals surface area contributed by atoms with Crippen LogP contribution in [0.5, 0.6) is 0 Å². The molecule has 1 aromatic heterocycles. The Morgan fingerprint density at radius 2 is 2.06 bits per heavy atom. The Kier molecular flexibility index (Phi) is 3.61. The van der Waals surface area contributed by atoms with E-state index in [1.807, 2.05) is 26.1 Å². The lowest BCUT2D eigenvalue weighted by Crippen LogP contribution is -2.30. The number of amides is 1. The molecule has 2 heterocycles. The highest BCUT2D eigenvalue weighted by Gasteiger charge is 2.14. The van der Waals surface area contributed by atoms with Crippen molar-refractivity contribution < 1.29 is 4.79 Å². The molecule has 1 N–H and O–H groups in total. The van der Waals surface area contributed by atoms with E-state index in [1.165, 1.54) is 12.8 Å². The van der Waals surface area contributed by atoms with Gasteiger partial charge < -0.3 is 10.2 Å². The first-order valence-corrected chi connectivity index (χ1v) is 6.17. The Labute approximate surface area is 102 Å². The average Bonchev–Trinajstić information content (AvgIpc) is 2.82.